The summed E-state index contributed by atoms with van der Waals surface area (Å²) in [6.07, 6.45) is 1.64. The lowest BCUT2D eigenvalue weighted by Gasteiger charge is -2.11. The third-order valence-electron chi connectivity index (χ3n) is 2.16. The van der Waals surface area contributed by atoms with Gasteiger partial charge in [-0.2, -0.15) is 0 Å². The van der Waals surface area contributed by atoms with Gasteiger partial charge in [-0.25, -0.2) is 4.57 Å². The molecule has 7 N–H and O–H groups in total. The second-order valence-corrected chi connectivity index (χ2v) is 5.05. The van der Waals surface area contributed by atoms with Crippen LogP contribution in [0.1, 0.15) is 25.7 Å². The lowest BCUT2D eigenvalue weighted by molar-refractivity contribution is -0.135. The standard InChI is InChI=1S/C9H20N3O6P/c10-5-2-1-3-7(11)9(14)12-6-4-8(13)18-19(15,16)17/h7H,1-6,10-11H2,(H,12,14)(H2,15,16,17)/t7-/m0/s1. The zero-order valence-electron chi connectivity index (χ0n) is 10.4. The Morgan fingerprint density at radius 3 is 2.47 bits per heavy atom. The van der Waals surface area contributed by atoms with Crippen molar-refractivity contribution in [2.45, 2.75) is 31.7 Å². The molecule has 0 aromatic carbocycles. The van der Waals surface area contributed by atoms with Crippen LogP contribution in [0.4, 0.5) is 0 Å². The molecular weight excluding hydrogens is 277 g/mol. The van der Waals surface area contributed by atoms with Gasteiger partial charge in [-0.05, 0) is 19.4 Å². The molecule has 0 aliphatic carbocycles. The van der Waals surface area contributed by atoms with Crippen molar-refractivity contribution in [2.75, 3.05) is 13.1 Å². The SMILES string of the molecule is NCCCC[C@H](N)C(=O)NCCC(=O)OP(=O)(O)O. The van der Waals surface area contributed by atoms with E-state index in [1.54, 1.807) is 0 Å². The summed E-state index contributed by atoms with van der Waals surface area (Å²) in [7, 11) is -4.82. The Morgan fingerprint density at radius 1 is 1.32 bits per heavy atom. The molecule has 9 nitrogen and oxygen atoms in total. The first-order valence-corrected chi connectivity index (χ1v) is 7.30. The summed E-state index contributed by atoms with van der Waals surface area (Å²) in [5, 5.41) is 2.38. The van der Waals surface area contributed by atoms with Crippen molar-refractivity contribution in [1.82, 2.24) is 5.32 Å². The van der Waals surface area contributed by atoms with Crippen LogP contribution in [0, 0.1) is 0 Å². The molecule has 19 heavy (non-hydrogen) atoms. The van der Waals surface area contributed by atoms with Crippen LogP contribution in [0.3, 0.4) is 0 Å². The zero-order valence-corrected chi connectivity index (χ0v) is 11.3. The summed E-state index contributed by atoms with van der Waals surface area (Å²) < 4.78 is 14.1. The molecule has 0 radical (unpaired) electrons. The van der Waals surface area contributed by atoms with Crippen LogP contribution < -0.4 is 16.8 Å². The molecule has 0 unspecified atom stereocenters. The Morgan fingerprint density at radius 2 is 1.95 bits per heavy atom. The van der Waals surface area contributed by atoms with Gasteiger partial charge >= 0.3 is 13.8 Å². The van der Waals surface area contributed by atoms with E-state index in [-0.39, 0.29) is 13.0 Å². The van der Waals surface area contributed by atoms with Crippen molar-refractivity contribution >= 4 is 19.7 Å². The number of hydrogen-bond donors (Lipinski definition) is 5. The predicted octanol–water partition coefficient (Wildman–Crippen LogP) is -1.42. The Hall–Kier alpha value is -0.990. The maximum absolute atomic E-state index is 11.4. The van der Waals surface area contributed by atoms with E-state index >= 15 is 0 Å². The molecule has 1 amide bonds. The van der Waals surface area contributed by atoms with Gasteiger partial charge < -0.3 is 21.3 Å². The van der Waals surface area contributed by atoms with Gasteiger partial charge in [0.2, 0.25) is 5.91 Å². The molecule has 10 heteroatoms. The largest absolute Gasteiger partial charge is 0.526 e. The number of hydrogen-bond acceptors (Lipinski definition) is 6. The fourth-order valence-corrected chi connectivity index (χ4v) is 1.59. The average molecular weight is 297 g/mol. The highest BCUT2D eigenvalue weighted by atomic mass is 31.2. The average Bonchev–Trinajstić information content (AvgIpc) is 2.26. The van der Waals surface area contributed by atoms with Crippen LogP contribution in [0.5, 0.6) is 0 Å². The summed E-state index contributed by atoms with van der Waals surface area (Å²) in [6, 6.07) is -0.690. The molecule has 0 saturated carbocycles. The van der Waals surface area contributed by atoms with Gasteiger partial charge in [0, 0.05) is 6.54 Å². The maximum Gasteiger partial charge on any atom is 0.526 e. The number of phosphoric acid groups is 1. The van der Waals surface area contributed by atoms with E-state index in [0.717, 1.165) is 12.8 Å². The summed E-state index contributed by atoms with van der Waals surface area (Å²) >= 11 is 0. The smallest absolute Gasteiger partial charge is 0.371 e. The number of rotatable bonds is 9. The first kappa shape index (κ1) is 18.0. The lowest BCUT2D eigenvalue weighted by Crippen LogP contribution is -2.41. The van der Waals surface area contributed by atoms with E-state index in [4.69, 9.17) is 21.3 Å². The quantitative estimate of drug-likeness (QED) is 0.255. The number of nitrogens with two attached hydrogens (primary N) is 2. The molecule has 0 rings (SSSR count). The van der Waals surface area contributed by atoms with Crippen molar-refractivity contribution in [3.8, 4) is 0 Å². The summed E-state index contributed by atoms with van der Waals surface area (Å²) in [5.74, 6) is -1.52. The van der Waals surface area contributed by atoms with Crippen LogP contribution in [0.15, 0.2) is 0 Å². The minimum Gasteiger partial charge on any atom is -0.371 e. The first-order valence-electron chi connectivity index (χ1n) is 5.77. The lowest BCUT2D eigenvalue weighted by atomic mass is 10.1. The van der Waals surface area contributed by atoms with Crippen LogP contribution in [0.25, 0.3) is 0 Å². The molecule has 0 aromatic rings. The fraction of sp³-hybridized carbons (Fsp3) is 0.778. The van der Waals surface area contributed by atoms with Gasteiger partial charge in [0.1, 0.15) is 0 Å². The van der Waals surface area contributed by atoms with Crippen molar-refractivity contribution in [3.05, 3.63) is 0 Å². The topological polar surface area (TPSA) is 165 Å². The van der Waals surface area contributed by atoms with E-state index < -0.39 is 25.7 Å². The third kappa shape index (κ3) is 10.6. The number of amides is 1. The molecule has 0 fully saturated rings. The van der Waals surface area contributed by atoms with Gasteiger partial charge in [-0.3, -0.25) is 19.4 Å². The van der Waals surface area contributed by atoms with Gasteiger partial charge in [0.25, 0.3) is 0 Å². The summed E-state index contributed by atoms with van der Waals surface area (Å²) in [4.78, 5) is 39.1. The number of nitrogens with one attached hydrogen (secondary N) is 1. The highest BCUT2D eigenvalue weighted by Gasteiger charge is 2.20. The first-order chi connectivity index (χ1) is 8.76. The number of unbranched alkanes of at least 4 members (excludes halogenated alkanes) is 1. The summed E-state index contributed by atoms with van der Waals surface area (Å²) in [5.41, 5.74) is 10.9. The number of carbonyl (C=O) groups is 2. The molecule has 0 aliphatic rings. The molecule has 0 spiro atoms. The molecule has 0 bridgehead atoms. The molecule has 1 atom stereocenters. The molecule has 0 saturated heterocycles. The Balaban J connectivity index is 3.79. The molecule has 0 aliphatic heterocycles. The third-order valence-corrected chi connectivity index (χ3v) is 2.60. The van der Waals surface area contributed by atoms with Gasteiger partial charge in [-0.15, -0.1) is 0 Å². The molecular formula is C9H20N3O6P. The van der Waals surface area contributed by atoms with Gasteiger partial charge in [0.05, 0.1) is 12.5 Å². The highest BCUT2D eigenvalue weighted by molar-refractivity contribution is 7.46. The second-order valence-electron chi connectivity index (χ2n) is 3.89. The highest BCUT2D eigenvalue weighted by Crippen LogP contribution is 2.36. The summed E-state index contributed by atoms with van der Waals surface area (Å²) in [6.45, 7) is 0.435. The van der Waals surface area contributed by atoms with Crippen LogP contribution in [-0.2, 0) is 18.7 Å². The zero-order chi connectivity index (χ0) is 14.9. The molecule has 112 valence electrons. The predicted molar refractivity (Wildman–Crippen MR) is 66.6 cm³/mol. The van der Waals surface area contributed by atoms with Crippen LogP contribution >= 0.6 is 7.82 Å². The Bertz CT molecular complexity index is 345. The van der Waals surface area contributed by atoms with Crippen molar-refractivity contribution in [3.63, 3.8) is 0 Å². The maximum atomic E-state index is 11.4. The van der Waals surface area contributed by atoms with E-state index in [0.29, 0.717) is 13.0 Å². The van der Waals surface area contributed by atoms with Gasteiger partial charge in [-0.1, -0.05) is 6.42 Å². The van der Waals surface area contributed by atoms with E-state index in [9.17, 15) is 14.2 Å². The molecule has 0 heterocycles. The molecule has 0 aromatic heterocycles. The van der Waals surface area contributed by atoms with Crippen molar-refractivity contribution < 1.29 is 28.5 Å². The number of carbonyl (C=O) groups excluding carboxylic acids is 2. The van der Waals surface area contributed by atoms with Crippen molar-refractivity contribution in [1.29, 1.82) is 0 Å². The minimum absolute atomic E-state index is 0.0950. The van der Waals surface area contributed by atoms with E-state index in [2.05, 4.69) is 9.84 Å². The fourth-order valence-electron chi connectivity index (χ4n) is 1.24. The van der Waals surface area contributed by atoms with E-state index in [1.807, 2.05) is 0 Å². The normalized spacial score (nSPS) is 12.8. The Kier molecular flexibility index (Phi) is 8.53. The second kappa shape index (κ2) is 9.00. The Labute approximate surface area is 110 Å². The minimum atomic E-state index is -4.82. The number of phosphoric ester groups is 1. The van der Waals surface area contributed by atoms with Gasteiger partial charge in [0.15, 0.2) is 0 Å². The monoisotopic (exact) mass is 297 g/mol. The van der Waals surface area contributed by atoms with Crippen LogP contribution in [0.2, 0.25) is 0 Å². The van der Waals surface area contributed by atoms with E-state index in [1.165, 1.54) is 0 Å². The van der Waals surface area contributed by atoms with Crippen molar-refractivity contribution in [2.24, 2.45) is 11.5 Å². The van der Waals surface area contributed by atoms with Crippen LogP contribution in [-0.4, -0.2) is 40.8 Å².